The highest BCUT2D eigenvalue weighted by molar-refractivity contribution is 14.0. The highest BCUT2D eigenvalue weighted by Gasteiger charge is 2.12. The number of nitrogens with one attached hydrogen (secondary N) is 2. The third-order valence-corrected chi connectivity index (χ3v) is 4.48. The van der Waals surface area contributed by atoms with E-state index in [9.17, 15) is 4.79 Å². The van der Waals surface area contributed by atoms with E-state index in [4.69, 9.17) is 15.2 Å². The molecule has 1 fully saturated rings. The fourth-order valence-electron chi connectivity index (χ4n) is 3.07. The van der Waals surface area contributed by atoms with Gasteiger partial charge in [-0.2, -0.15) is 0 Å². The van der Waals surface area contributed by atoms with Gasteiger partial charge in [0.1, 0.15) is 5.75 Å². The van der Waals surface area contributed by atoms with Crippen molar-refractivity contribution < 1.29 is 14.3 Å². The van der Waals surface area contributed by atoms with Crippen LogP contribution in [0.5, 0.6) is 5.75 Å². The van der Waals surface area contributed by atoms with Gasteiger partial charge in [0.15, 0.2) is 12.6 Å². The minimum atomic E-state index is -0.490. The first-order valence-corrected chi connectivity index (χ1v) is 9.73. The number of ether oxygens (including phenoxy) is 2. The molecular weight excluding hydrogens is 471 g/mol. The summed E-state index contributed by atoms with van der Waals surface area (Å²) in [5.41, 5.74) is 6.12. The molecule has 0 heterocycles. The molecule has 0 atom stereocenters. The average molecular weight is 504 g/mol. The molecule has 2 rings (SSSR count). The van der Waals surface area contributed by atoms with Gasteiger partial charge in [0, 0.05) is 26.7 Å². The van der Waals surface area contributed by atoms with Gasteiger partial charge in [-0.1, -0.05) is 31.4 Å². The Labute approximate surface area is 184 Å². The van der Waals surface area contributed by atoms with Gasteiger partial charge in [0.2, 0.25) is 0 Å². The van der Waals surface area contributed by atoms with Crippen molar-refractivity contribution in [1.29, 1.82) is 0 Å². The molecule has 0 aliphatic heterocycles. The van der Waals surface area contributed by atoms with E-state index in [1.165, 1.54) is 32.1 Å². The number of hydrogen-bond acceptors (Lipinski definition) is 4. The van der Waals surface area contributed by atoms with E-state index in [1.807, 2.05) is 18.2 Å². The molecule has 1 aromatic rings. The van der Waals surface area contributed by atoms with Crippen LogP contribution in [0.15, 0.2) is 29.3 Å². The van der Waals surface area contributed by atoms with Gasteiger partial charge in [-0.25, -0.2) is 0 Å². The molecule has 1 amide bonds. The van der Waals surface area contributed by atoms with Crippen molar-refractivity contribution in [3.63, 3.8) is 0 Å². The quantitative estimate of drug-likeness (QED) is 0.197. The Balaban J connectivity index is 0.00000392. The Morgan fingerprint density at radius 1 is 1.25 bits per heavy atom. The maximum Gasteiger partial charge on any atom is 0.255 e. The largest absolute Gasteiger partial charge is 0.484 e. The molecule has 28 heavy (non-hydrogen) atoms. The summed E-state index contributed by atoms with van der Waals surface area (Å²) in [5.74, 6) is 0.877. The second kappa shape index (κ2) is 14.4. The van der Waals surface area contributed by atoms with Crippen molar-refractivity contribution in [1.82, 2.24) is 10.6 Å². The summed E-state index contributed by atoms with van der Waals surface area (Å²) in [6.45, 7) is 2.08. The predicted molar refractivity (Wildman–Crippen MR) is 122 cm³/mol. The maximum atomic E-state index is 10.8. The lowest BCUT2D eigenvalue weighted by molar-refractivity contribution is -0.119. The van der Waals surface area contributed by atoms with Crippen LogP contribution in [0.25, 0.3) is 0 Å². The summed E-state index contributed by atoms with van der Waals surface area (Å²) in [6.07, 6.45) is 7.78. The smallest absolute Gasteiger partial charge is 0.255 e. The van der Waals surface area contributed by atoms with Crippen LogP contribution in [0.1, 0.15) is 44.1 Å². The van der Waals surface area contributed by atoms with Gasteiger partial charge in [0.25, 0.3) is 5.91 Å². The lowest BCUT2D eigenvalue weighted by Gasteiger charge is -2.22. The van der Waals surface area contributed by atoms with E-state index in [1.54, 1.807) is 13.1 Å². The summed E-state index contributed by atoms with van der Waals surface area (Å²) < 4.78 is 11.3. The molecule has 7 nitrogen and oxygen atoms in total. The SMILES string of the molecule is CN=C(NCCCOC1CCCCC1)NCc1cccc(OCC(N)=O)c1.I. The highest BCUT2D eigenvalue weighted by atomic mass is 127. The number of benzene rings is 1. The third kappa shape index (κ3) is 10.1. The van der Waals surface area contributed by atoms with Crippen LogP contribution >= 0.6 is 24.0 Å². The standard InChI is InChI=1S/C20H32N4O3.HI/c1-22-20(23-11-6-12-26-17-8-3-2-4-9-17)24-14-16-7-5-10-18(13-16)27-15-19(21)25;/h5,7,10,13,17H,2-4,6,8-9,11-12,14-15H2,1H3,(H2,21,25)(H2,22,23,24);1H. The average Bonchev–Trinajstić information content (AvgIpc) is 2.69. The number of aliphatic imine (C=N–C) groups is 1. The zero-order valence-corrected chi connectivity index (χ0v) is 18.9. The normalized spacial score (nSPS) is 14.8. The Bertz CT molecular complexity index is 607. The topological polar surface area (TPSA) is 98.0 Å². The number of primary amides is 1. The minimum absolute atomic E-state index is 0. The molecule has 0 radical (unpaired) electrons. The first kappa shape index (κ1) is 24.5. The Hall–Kier alpha value is -1.55. The molecule has 4 N–H and O–H groups in total. The van der Waals surface area contributed by atoms with Crippen molar-refractivity contribution in [2.24, 2.45) is 10.7 Å². The molecule has 0 unspecified atom stereocenters. The van der Waals surface area contributed by atoms with Crippen LogP contribution in [-0.2, 0) is 16.1 Å². The summed E-state index contributed by atoms with van der Waals surface area (Å²) in [6, 6.07) is 7.54. The molecule has 0 spiro atoms. The van der Waals surface area contributed by atoms with E-state index in [0.717, 1.165) is 31.1 Å². The number of amides is 1. The lowest BCUT2D eigenvalue weighted by Crippen LogP contribution is -2.37. The number of halogens is 1. The number of nitrogens with two attached hydrogens (primary N) is 1. The Kier molecular flexibility index (Phi) is 12.6. The predicted octanol–water partition coefficient (Wildman–Crippen LogP) is 2.57. The summed E-state index contributed by atoms with van der Waals surface area (Å²) >= 11 is 0. The van der Waals surface area contributed by atoms with Gasteiger partial charge in [-0.3, -0.25) is 9.79 Å². The number of carbonyl (C=O) groups excluding carboxylic acids is 1. The van der Waals surface area contributed by atoms with Crippen molar-refractivity contribution >= 4 is 35.8 Å². The van der Waals surface area contributed by atoms with E-state index in [2.05, 4.69) is 15.6 Å². The van der Waals surface area contributed by atoms with Crippen molar-refractivity contribution in [3.8, 4) is 5.75 Å². The van der Waals surface area contributed by atoms with E-state index in [0.29, 0.717) is 18.4 Å². The van der Waals surface area contributed by atoms with Crippen molar-refractivity contribution in [3.05, 3.63) is 29.8 Å². The van der Waals surface area contributed by atoms with E-state index >= 15 is 0 Å². The number of rotatable bonds is 10. The van der Waals surface area contributed by atoms with Crippen molar-refractivity contribution in [2.45, 2.75) is 51.2 Å². The molecule has 0 aromatic heterocycles. The molecule has 8 heteroatoms. The zero-order chi connectivity index (χ0) is 19.3. The monoisotopic (exact) mass is 504 g/mol. The van der Waals surface area contributed by atoms with E-state index in [-0.39, 0.29) is 30.6 Å². The molecule has 1 saturated carbocycles. The second-order valence-corrected chi connectivity index (χ2v) is 6.74. The van der Waals surface area contributed by atoms with Crippen molar-refractivity contribution in [2.75, 3.05) is 26.8 Å². The molecule has 0 bridgehead atoms. The van der Waals surface area contributed by atoms with Crippen LogP contribution < -0.4 is 21.1 Å². The second-order valence-electron chi connectivity index (χ2n) is 6.74. The molecule has 158 valence electrons. The number of guanidine groups is 1. The Morgan fingerprint density at radius 3 is 2.75 bits per heavy atom. The first-order valence-electron chi connectivity index (χ1n) is 9.73. The molecule has 0 saturated heterocycles. The van der Waals surface area contributed by atoms with Crippen LogP contribution in [0, 0.1) is 0 Å². The maximum absolute atomic E-state index is 10.8. The fourth-order valence-corrected chi connectivity index (χ4v) is 3.07. The molecule has 1 aromatic carbocycles. The summed E-state index contributed by atoms with van der Waals surface area (Å²) in [4.78, 5) is 15.0. The fraction of sp³-hybridized carbons (Fsp3) is 0.600. The molecule has 1 aliphatic rings. The molecular formula is C20H33IN4O3. The third-order valence-electron chi connectivity index (χ3n) is 4.48. The summed E-state index contributed by atoms with van der Waals surface area (Å²) in [7, 11) is 1.75. The van der Waals surface area contributed by atoms with Crippen LogP contribution in [-0.4, -0.2) is 44.8 Å². The van der Waals surface area contributed by atoms with Gasteiger partial charge in [-0.15, -0.1) is 24.0 Å². The minimum Gasteiger partial charge on any atom is -0.484 e. The van der Waals surface area contributed by atoms with Gasteiger partial charge >= 0.3 is 0 Å². The number of nitrogens with zero attached hydrogens (tertiary/aromatic N) is 1. The Morgan fingerprint density at radius 2 is 2.04 bits per heavy atom. The van der Waals surface area contributed by atoms with Crippen LogP contribution in [0.2, 0.25) is 0 Å². The summed E-state index contributed by atoms with van der Waals surface area (Å²) in [5, 5.41) is 6.57. The molecule has 1 aliphatic carbocycles. The highest BCUT2D eigenvalue weighted by Crippen LogP contribution is 2.20. The van der Waals surface area contributed by atoms with Crippen LogP contribution in [0.3, 0.4) is 0 Å². The number of carbonyl (C=O) groups is 1. The van der Waals surface area contributed by atoms with Crippen LogP contribution in [0.4, 0.5) is 0 Å². The zero-order valence-electron chi connectivity index (χ0n) is 16.6. The lowest BCUT2D eigenvalue weighted by atomic mass is 9.98. The number of hydrogen-bond donors (Lipinski definition) is 3. The van der Waals surface area contributed by atoms with Gasteiger partial charge in [-0.05, 0) is 37.0 Å². The van der Waals surface area contributed by atoms with Gasteiger partial charge < -0.3 is 25.8 Å². The van der Waals surface area contributed by atoms with Gasteiger partial charge in [0.05, 0.1) is 6.10 Å². The van der Waals surface area contributed by atoms with E-state index < -0.39 is 5.91 Å². The first-order chi connectivity index (χ1) is 13.2.